The molecule has 1 heterocycles. The Balaban J connectivity index is 2.35. The summed E-state index contributed by atoms with van der Waals surface area (Å²) in [4.78, 5) is 2.54. The zero-order valence-electron chi connectivity index (χ0n) is 10.1. The summed E-state index contributed by atoms with van der Waals surface area (Å²) in [6.45, 7) is 10.5. The van der Waals surface area contributed by atoms with Crippen molar-refractivity contribution in [1.82, 2.24) is 4.90 Å². The van der Waals surface area contributed by atoms with Gasteiger partial charge in [0.25, 0.3) is 0 Å². The Morgan fingerprint density at radius 2 is 2.00 bits per heavy atom. The Kier molecular flexibility index (Phi) is 4.39. The molecule has 1 fully saturated rings. The second-order valence-electron chi connectivity index (χ2n) is 5.49. The summed E-state index contributed by atoms with van der Waals surface area (Å²) in [5.41, 5.74) is 6.53. The van der Waals surface area contributed by atoms with Crippen molar-refractivity contribution >= 4 is 0 Å². The zero-order chi connectivity index (χ0) is 10.6. The highest BCUT2D eigenvalue weighted by atomic mass is 15.1. The Bertz CT molecular complexity index is 166. The second-order valence-corrected chi connectivity index (χ2v) is 5.49. The molecule has 0 saturated carbocycles. The molecule has 2 heteroatoms. The van der Waals surface area contributed by atoms with E-state index in [1.54, 1.807) is 0 Å². The lowest BCUT2D eigenvalue weighted by Crippen LogP contribution is -2.37. The third-order valence-electron chi connectivity index (χ3n) is 3.45. The van der Waals surface area contributed by atoms with Gasteiger partial charge in [-0.05, 0) is 44.2 Å². The van der Waals surface area contributed by atoms with Crippen molar-refractivity contribution in [3.05, 3.63) is 0 Å². The van der Waals surface area contributed by atoms with Gasteiger partial charge in [0, 0.05) is 12.6 Å². The molecule has 2 nitrogen and oxygen atoms in total. The molecule has 1 atom stereocenters. The quantitative estimate of drug-likeness (QED) is 0.753. The Labute approximate surface area is 88.8 Å². The predicted octanol–water partition coefficient (Wildman–Crippen LogP) is 2.24. The Hall–Kier alpha value is -0.0800. The molecule has 0 aromatic carbocycles. The maximum atomic E-state index is 5.98. The summed E-state index contributed by atoms with van der Waals surface area (Å²) in [6.07, 6.45) is 5.12. The Morgan fingerprint density at radius 1 is 1.29 bits per heavy atom. The van der Waals surface area contributed by atoms with Gasteiger partial charge in [-0.1, -0.05) is 20.8 Å². The van der Waals surface area contributed by atoms with Gasteiger partial charge in [0.1, 0.15) is 0 Å². The molecule has 0 aromatic heterocycles. The lowest BCUT2D eigenvalue weighted by Gasteiger charge is -2.25. The number of nitrogens with two attached hydrogens (primary N) is 1. The van der Waals surface area contributed by atoms with Crippen LogP contribution in [0.3, 0.4) is 0 Å². The molecule has 14 heavy (non-hydrogen) atoms. The first-order chi connectivity index (χ1) is 6.53. The molecule has 1 aliphatic rings. The number of nitrogens with zero attached hydrogens (tertiary/aromatic N) is 1. The van der Waals surface area contributed by atoms with Crippen LogP contribution in [0, 0.1) is 5.41 Å². The highest BCUT2D eigenvalue weighted by Gasteiger charge is 2.23. The van der Waals surface area contributed by atoms with Crippen LogP contribution < -0.4 is 5.73 Å². The largest absolute Gasteiger partial charge is 0.327 e. The van der Waals surface area contributed by atoms with Crippen molar-refractivity contribution < 1.29 is 0 Å². The van der Waals surface area contributed by atoms with Crippen LogP contribution in [-0.4, -0.2) is 30.6 Å². The SMILES string of the molecule is CC[C@@H](N)CN1CCCC(C)(C)CC1. The highest BCUT2D eigenvalue weighted by Crippen LogP contribution is 2.29. The molecule has 0 spiro atoms. The third kappa shape index (κ3) is 3.97. The summed E-state index contributed by atoms with van der Waals surface area (Å²) in [5, 5.41) is 0. The van der Waals surface area contributed by atoms with Gasteiger partial charge in [-0.25, -0.2) is 0 Å². The predicted molar refractivity (Wildman–Crippen MR) is 62.3 cm³/mol. The van der Waals surface area contributed by atoms with Gasteiger partial charge in [-0.3, -0.25) is 0 Å². The van der Waals surface area contributed by atoms with E-state index in [1.807, 2.05) is 0 Å². The van der Waals surface area contributed by atoms with Crippen LogP contribution in [0.4, 0.5) is 0 Å². The van der Waals surface area contributed by atoms with Crippen LogP contribution in [0.1, 0.15) is 46.5 Å². The minimum Gasteiger partial charge on any atom is -0.327 e. The average Bonchev–Trinajstić information content (AvgIpc) is 2.28. The molecule has 0 aliphatic carbocycles. The number of rotatable bonds is 3. The normalized spacial score (nSPS) is 25.7. The first-order valence-corrected chi connectivity index (χ1v) is 6.01. The van der Waals surface area contributed by atoms with Gasteiger partial charge in [-0.2, -0.15) is 0 Å². The van der Waals surface area contributed by atoms with E-state index in [9.17, 15) is 0 Å². The van der Waals surface area contributed by atoms with E-state index in [1.165, 1.54) is 32.4 Å². The number of likely N-dealkylation sites (tertiary alicyclic amines) is 1. The van der Waals surface area contributed by atoms with Crippen LogP contribution >= 0.6 is 0 Å². The fraction of sp³-hybridized carbons (Fsp3) is 1.00. The summed E-state index contributed by atoms with van der Waals surface area (Å²) >= 11 is 0. The number of hydrogen-bond acceptors (Lipinski definition) is 2. The van der Waals surface area contributed by atoms with Crippen LogP contribution in [-0.2, 0) is 0 Å². The molecule has 1 saturated heterocycles. The van der Waals surface area contributed by atoms with E-state index in [2.05, 4.69) is 25.7 Å². The molecule has 1 rings (SSSR count). The van der Waals surface area contributed by atoms with Crippen molar-refractivity contribution in [2.75, 3.05) is 19.6 Å². The molecule has 0 bridgehead atoms. The van der Waals surface area contributed by atoms with Crippen LogP contribution in [0.15, 0.2) is 0 Å². The maximum absolute atomic E-state index is 5.98. The summed E-state index contributed by atoms with van der Waals surface area (Å²) in [5.74, 6) is 0. The molecule has 84 valence electrons. The zero-order valence-corrected chi connectivity index (χ0v) is 10.1. The first-order valence-electron chi connectivity index (χ1n) is 6.01. The van der Waals surface area contributed by atoms with Crippen molar-refractivity contribution in [2.24, 2.45) is 11.1 Å². The van der Waals surface area contributed by atoms with Gasteiger partial charge in [-0.15, -0.1) is 0 Å². The molecule has 0 amide bonds. The van der Waals surface area contributed by atoms with E-state index in [4.69, 9.17) is 5.73 Å². The van der Waals surface area contributed by atoms with Crippen LogP contribution in [0.25, 0.3) is 0 Å². The second kappa shape index (κ2) is 5.13. The van der Waals surface area contributed by atoms with E-state index in [0.29, 0.717) is 11.5 Å². The van der Waals surface area contributed by atoms with E-state index < -0.39 is 0 Å². The summed E-state index contributed by atoms with van der Waals surface area (Å²) < 4.78 is 0. The van der Waals surface area contributed by atoms with Gasteiger partial charge in [0.15, 0.2) is 0 Å². The third-order valence-corrected chi connectivity index (χ3v) is 3.45. The fourth-order valence-electron chi connectivity index (χ4n) is 2.12. The van der Waals surface area contributed by atoms with Gasteiger partial charge in [0.2, 0.25) is 0 Å². The minimum absolute atomic E-state index is 0.371. The minimum atomic E-state index is 0.371. The van der Waals surface area contributed by atoms with Gasteiger partial charge >= 0.3 is 0 Å². The number of hydrogen-bond donors (Lipinski definition) is 1. The van der Waals surface area contributed by atoms with Crippen molar-refractivity contribution in [1.29, 1.82) is 0 Å². The van der Waals surface area contributed by atoms with Gasteiger partial charge in [0.05, 0.1) is 0 Å². The topological polar surface area (TPSA) is 29.3 Å². The standard InChI is InChI=1S/C12H26N2/c1-4-11(13)10-14-8-5-6-12(2,3)7-9-14/h11H,4-10,13H2,1-3H3/t11-/m1/s1. The maximum Gasteiger partial charge on any atom is 0.0165 e. The van der Waals surface area contributed by atoms with Gasteiger partial charge < -0.3 is 10.6 Å². The monoisotopic (exact) mass is 198 g/mol. The van der Waals surface area contributed by atoms with Crippen molar-refractivity contribution in [2.45, 2.75) is 52.5 Å². The molecule has 0 aromatic rings. The van der Waals surface area contributed by atoms with Crippen LogP contribution in [0.5, 0.6) is 0 Å². The van der Waals surface area contributed by atoms with E-state index in [0.717, 1.165) is 13.0 Å². The molecule has 0 unspecified atom stereocenters. The van der Waals surface area contributed by atoms with E-state index >= 15 is 0 Å². The van der Waals surface area contributed by atoms with Crippen molar-refractivity contribution in [3.8, 4) is 0 Å². The summed E-state index contributed by atoms with van der Waals surface area (Å²) in [6, 6.07) is 0.371. The Morgan fingerprint density at radius 3 is 2.64 bits per heavy atom. The molecular weight excluding hydrogens is 172 g/mol. The molecular formula is C12H26N2. The molecule has 0 radical (unpaired) electrons. The van der Waals surface area contributed by atoms with Crippen LogP contribution in [0.2, 0.25) is 0 Å². The summed E-state index contributed by atoms with van der Waals surface area (Å²) in [7, 11) is 0. The van der Waals surface area contributed by atoms with Crippen molar-refractivity contribution in [3.63, 3.8) is 0 Å². The van der Waals surface area contributed by atoms with E-state index in [-0.39, 0.29) is 0 Å². The lowest BCUT2D eigenvalue weighted by atomic mass is 9.85. The smallest absolute Gasteiger partial charge is 0.0165 e. The highest BCUT2D eigenvalue weighted by molar-refractivity contribution is 4.77. The lowest BCUT2D eigenvalue weighted by molar-refractivity contribution is 0.247. The fourth-order valence-corrected chi connectivity index (χ4v) is 2.12. The first kappa shape index (κ1) is 12.0. The molecule has 2 N–H and O–H groups in total. The average molecular weight is 198 g/mol. The molecule has 1 aliphatic heterocycles.